The Morgan fingerprint density at radius 1 is 1.36 bits per heavy atom. The summed E-state index contributed by atoms with van der Waals surface area (Å²) in [5, 5.41) is 1.06. The fourth-order valence-corrected chi connectivity index (χ4v) is 1.39. The second-order valence-corrected chi connectivity index (χ2v) is 3.73. The Labute approximate surface area is 93.3 Å². The van der Waals surface area contributed by atoms with Crippen molar-refractivity contribution < 1.29 is 4.79 Å². The highest BCUT2D eigenvalue weighted by Crippen LogP contribution is 2.23. The van der Waals surface area contributed by atoms with Gasteiger partial charge in [-0.2, -0.15) is 0 Å². The lowest BCUT2D eigenvalue weighted by atomic mass is 10.1. The molecule has 0 fully saturated rings. The maximum absolute atomic E-state index is 11.0. The molecule has 3 heteroatoms. The van der Waals surface area contributed by atoms with E-state index in [9.17, 15) is 4.79 Å². The van der Waals surface area contributed by atoms with Crippen LogP contribution in [0.5, 0.6) is 0 Å². The van der Waals surface area contributed by atoms with Crippen molar-refractivity contribution in [3.63, 3.8) is 0 Å². The molecular weight excluding hydrogens is 219 g/mol. The largest absolute Gasteiger partial charge is 0.295 e. The number of allylic oxidation sites excluding steroid dienone is 1. The first kappa shape index (κ1) is 11.3. The quantitative estimate of drug-likeness (QED) is 0.719. The lowest BCUT2D eigenvalue weighted by Gasteiger charge is -2.01. The van der Waals surface area contributed by atoms with Crippen molar-refractivity contribution in [2.24, 2.45) is 0 Å². The van der Waals surface area contributed by atoms with Gasteiger partial charge in [-0.3, -0.25) is 4.79 Å². The third kappa shape index (κ3) is 3.17. The maximum Gasteiger partial charge on any atom is 0.155 e. The molecular formula is C11H10Cl2O. The molecule has 1 aromatic carbocycles. The van der Waals surface area contributed by atoms with Gasteiger partial charge in [-0.25, -0.2) is 0 Å². The van der Waals surface area contributed by atoms with Crippen molar-refractivity contribution in [1.82, 2.24) is 0 Å². The monoisotopic (exact) mass is 228 g/mol. The van der Waals surface area contributed by atoms with Crippen LogP contribution in [0.2, 0.25) is 10.0 Å². The summed E-state index contributed by atoms with van der Waals surface area (Å²) >= 11 is 11.6. The van der Waals surface area contributed by atoms with E-state index in [1.54, 1.807) is 12.1 Å². The molecule has 0 atom stereocenters. The lowest BCUT2D eigenvalue weighted by molar-refractivity contribution is -0.114. The number of carbonyl (C=O) groups is 1. The van der Waals surface area contributed by atoms with Crippen LogP contribution in [0.1, 0.15) is 12.0 Å². The van der Waals surface area contributed by atoms with Crippen LogP contribution in [0, 0.1) is 0 Å². The Balaban J connectivity index is 2.64. The summed E-state index contributed by atoms with van der Waals surface area (Å²) in [6, 6.07) is 5.38. The summed E-state index contributed by atoms with van der Waals surface area (Å²) in [7, 11) is 0. The molecule has 1 rings (SSSR count). The Morgan fingerprint density at radius 2 is 2.07 bits per heavy atom. The molecule has 1 nitrogen and oxygen atoms in total. The van der Waals surface area contributed by atoms with Gasteiger partial charge < -0.3 is 0 Å². The molecule has 14 heavy (non-hydrogen) atoms. The summed E-state index contributed by atoms with van der Waals surface area (Å²) in [6.45, 7) is 3.41. The Morgan fingerprint density at radius 3 is 2.64 bits per heavy atom. The van der Waals surface area contributed by atoms with E-state index < -0.39 is 0 Å². The first-order chi connectivity index (χ1) is 6.63. The van der Waals surface area contributed by atoms with Gasteiger partial charge in [0.25, 0.3) is 0 Å². The number of carbonyl (C=O) groups excluding carboxylic acids is 1. The topological polar surface area (TPSA) is 17.1 Å². The van der Waals surface area contributed by atoms with Crippen LogP contribution in [0.15, 0.2) is 30.9 Å². The molecule has 0 aliphatic carbocycles. The summed E-state index contributed by atoms with van der Waals surface area (Å²) in [4.78, 5) is 11.0. The molecule has 0 amide bonds. The molecule has 0 N–H and O–H groups in total. The number of ketones is 1. The van der Waals surface area contributed by atoms with E-state index in [-0.39, 0.29) is 5.78 Å². The molecule has 0 heterocycles. The van der Waals surface area contributed by atoms with Crippen molar-refractivity contribution in [2.45, 2.75) is 12.8 Å². The second-order valence-electron chi connectivity index (χ2n) is 2.92. The fourth-order valence-electron chi connectivity index (χ4n) is 1.06. The SMILES string of the molecule is C=CC(=O)CCc1ccc(Cl)c(Cl)c1. The van der Waals surface area contributed by atoms with Gasteiger partial charge in [-0.15, -0.1) is 0 Å². The van der Waals surface area contributed by atoms with Gasteiger partial charge in [-0.1, -0.05) is 35.8 Å². The summed E-state index contributed by atoms with van der Waals surface area (Å²) in [5.41, 5.74) is 1.01. The van der Waals surface area contributed by atoms with Gasteiger partial charge in [-0.05, 0) is 30.2 Å². The van der Waals surface area contributed by atoms with Crippen molar-refractivity contribution in [3.8, 4) is 0 Å². The standard InChI is InChI=1S/C11H10Cl2O/c1-2-9(14)5-3-8-4-6-10(12)11(13)7-8/h2,4,6-7H,1,3,5H2. The van der Waals surface area contributed by atoms with E-state index in [1.807, 2.05) is 6.07 Å². The maximum atomic E-state index is 11.0. The number of aryl methyl sites for hydroxylation is 1. The molecule has 74 valence electrons. The predicted octanol–water partition coefficient (Wildman–Crippen LogP) is 3.68. The number of hydrogen-bond acceptors (Lipinski definition) is 1. The van der Waals surface area contributed by atoms with Crippen molar-refractivity contribution >= 4 is 29.0 Å². The third-order valence-electron chi connectivity index (χ3n) is 1.87. The number of benzene rings is 1. The van der Waals surface area contributed by atoms with Crippen LogP contribution >= 0.6 is 23.2 Å². The summed E-state index contributed by atoms with van der Waals surface area (Å²) in [6.07, 6.45) is 2.46. The van der Waals surface area contributed by atoms with E-state index >= 15 is 0 Å². The van der Waals surface area contributed by atoms with Crippen LogP contribution in [0.25, 0.3) is 0 Å². The minimum Gasteiger partial charge on any atom is -0.295 e. The van der Waals surface area contributed by atoms with E-state index in [4.69, 9.17) is 23.2 Å². The van der Waals surface area contributed by atoms with E-state index in [2.05, 4.69) is 6.58 Å². The summed E-state index contributed by atoms with van der Waals surface area (Å²) in [5.74, 6) is 0.0380. The molecule has 1 aromatic rings. The Kier molecular flexibility index (Phi) is 4.18. The zero-order valence-electron chi connectivity index (χ0n) is 7.59. The molecule has 0 unspecified atom stereocenters. The van der Waals surface area contributed by atoms with Gasteiger partial charge in [0, 0.05) is 6.42 Å². The minimum absolute atomic E-state index is 0.0380. The third-order valence-corrected chi connectivity index (χ3v) is 2.61. The normalized spacial score (nSPS) is 9.86. The van der Waals surface area contributed by atoms with Crippen molar-refractivity contribution in [3.05, 3.63) is 46.5 Å². The molecule has 0 bridgehead atoms. The first-order valence-electron chi connectivity index (χ1n) is 4.22. The van der Waals surface area contributed by atoms with Gasteiger partial charge in [0.15, 0.2) is 5.78 Å². The van der Waals surface area contributed by atoms with Crippen LogP contribution in [-0.4, -0.2) is 5.78 Å². The van der Waals surface area contributed by atoms with Gasteiger partial charge in [0.05, 0.1) is 10.0 Å². The smallest absolute Gasteiger partial charge is 0.155 e. The summed E-state index contributed by atoms with van der Waals surface area (Å²) < 4.78 is 0. The van der Waals surface area contributed by atoms with Gasteiger partial charge in [0.2, 0.25) is 0 Å². The van der Waals surface area contributed by atoms with Gasteiger partial charge in [0.1, 0.15) is 0 Å². The first-order valence-corrected chi connectivity index (χ1v) is 4.98. The highest BCUT2D eigenvalue weighted by Gasteiger charge is 2.01. The van der Waals surface area contributed by atoms with Crippen LogP contribution in [0.3, 0.4) is 0 Å². The van der Waals surface area contributed by atoms with Crippen molar-refractivity contribution in [2.75, 3.05) is 0 Å². The molecule has 0 aliphatic rings. The molecule has 0 aromatic heterocycles. The zero-order valence-corrected chi connectivity index (χ0v) is 9.11. The van der Waals surface area contributed by atoms with E-state index in [0.717, 1.165) is 5.56 Å². The highest BCUT2D eigenvalue weighted by molar-refractivity contribution is 6.42. The molecule has 0 saturated carbocycles. The number of rotatable bonds is 4. The molecule has 0 saturated heterocycles. The Hall–Kier alpha value is -0.790. The van der Waals surface area contributed by atoms with Crippen LogP contribution in [-0.2, 0) is 11.2 Å². The molecule has 0 aliphatic heterocycles. The average Bonchev–Trinajstić information content (AvgIpc) is 2.19. The Bertz CT molecular complexity index is 358. The van der Waals surface area contributed by atoms with Crippen LogP contribution in [0.4, 0.5) is 0 Å². The van der Waals surface area contributed by atoms with Crippen molar-refractivity contribution in [1.29, 1.82) is 0 Å². The highest BCUT2D eigenvalue weighted by atomic mass is 35.5. The average molecular weight is 229 g/mol. The second kappa shape index (κ2) is 5.18. The van der Waals surface area contributed by atoms with E-state index in [0.29, 0.717) is 22.9 Å². The molecule has 0 spiro atoms. The number of halogens is 2. The zero-order chi connectivity index (χ0) is 10.6. The van der Waals surface area contributed by atoms with Gasteiger partial charge >= 0.3 is 0 Å². The van der Waals surface area contributed by atoms with E-state index in [1.165, 1.54) is 6.08 Å². The lowest BCUT2D eigenvalue weighted by Crippen LogP contribution is -1.95. The molecule has 0 radical (unpaired) electrons. The van der Waals surface area contributed by atoms with Crippen LogP contribution < -0.4 is 0 Å². The minimum atomic E-state index is 0.0380. The fraction of sp³-hybridized carbons (Fsp3) is 0.182. The predicted molar refractivity (Wildman–Crippen MR) is 60.0 cm³/mol. The number of hydrogen-bond donors (Lipinski definition) is 0.